The second-order valence-electron chi connectivity index (χ2n) is 7.29. The number of piperidine rings is 1. The normalized spacial score (nSPS) is 31.2. The van der Waals surface area contributed by atoms with E-state index in [1.807, 2.05) is 12.1 Å². The van der Waals surface area contributed by atoms with Crippen molar-refractivity contribution in [2.24, 2.45) is 17.3 Å². The largest absolute Gasteiger partial charge is 0.351 e. The van der Waals surface area contributed by atoms with Crippen LogP contribution in [-0.2, 0) is 16.0 Å². The van der Waals surface area contributed by atoms with Crippen LogP contribution < -0.4 is 15.5 Å². The van der Waals surface area contributed by atoms with Gasteiger partial charge in [-0.25, -0.2) is 9.78 Å². The van der Waals surface area contributed by atoms with E-state index in [4.69, 9.17) is 0 Å². The Morgan fingerprint density at radius 3 is 2.62 bits per heavy atom. The highest BCUT2D eigenvalue weighted by molar-refractivity contribution is 6.20. The van der Waals surface area contributed by atoms with Gasteiger partial charge in [0.1, 0.15) is 5.82 Å². The van der Waals surface area contributed by atoms with Crippen LogP contribution in [0.15, 0.2) is 18.3 Å². The molecule has 3 aliphatic rings. The predicted octanol–water partition coefficient (Wildman–Crippen LogP) is 0.841. The Morgan fingerprint density at radius 2 is 1.92 bits per heavy atom. The summed E-state index contributed by atoms with van der Waals surface area (Å²) < 4.78 is 0. The van der Waals surface area contributed by atoms with Crippen LogP contribution in [-0.4, -0.2) is 35.4 Å². The molecule has 4 amide bonds. The number of rotatable bonds is 0. The van der Waals surface area contributed by atoms with Gasteiger partial charge >= 0.3 is 6.03 Å². The lowest BCUT2D eigenvalue weighted by atomic mass is 9.63. The van der Waals surface area contributed by atoms with E-state index in [1.165, 1.54) is 0 Å². The summed E-state index contributed by atoms with van der Waals surface area (Å²) >= 11 is 0. The van der Waals surface area contributed by atoms with Crippen molar-refractivity contribution in [2.45, 2.75) is 32.7 Å². The standard InChI is InChI=1S/C17H20N4O3/c1-9-6-10(2)12-17(14(22)19-16(24)20-15(17)23)7-11-4-3-5-18-13(11)21(12)8-9/h3-5,9-10,12H,6-8H2,1-2H3,(H2,19,20,22,23,24)/t9?,10-,12-/m1/s1. The van der Waals surface area contributed by atoms with Gasteiger partial charge in [-0.3, -0.25) is 20.2 Å². The smallest absolute Gasteiger partial charge is 0.328 e. The first kappa shape index (κ1) is 15.1. The summed E-state index contributed by atoms with van der Waals surface area (Å²) in [6, 6.07) is 2.68. The molecule has 0 saturated carbocycles. The third-order valence-electron chi connectivity index (χ3n) is 5.54. The molecule has 0 aromatic carbocycles. The van der Waals surface area contributed by atoms with Crippen molar-refractivity contribution in [1.29, 1.82) is 0 Å². The molecule has 24 heavy (non-hydrogen) atoms. The molecule has 1 unspecified atom stereocenters. The summed E-state index contributed by atoms with van der Waals surface area (Å²) in [5.41, 5.74) is -0.418. The van der Waals surface area contributed by atoms with Crippen LogP contribution in [0.2, 0.25) is 0 Å². The minimum atomic E-state index is -1.29. The molecule has 1 aromatic rings. The van der Waals surface area contributed by atoms with E-state index < -0.39 is 23.3 Å². The Kier molecular flexibility index (Phi) is 3.16. The van der Waals surface area contributed by atoms with Gasteiger partial charge in [0.05, 0.1) is 6.04 Å². The molecule has 2 N–H and O–H groups in total. The van der Waals surface area contributed by atoms with Gasteiger partial charge in [0.25, 0.3) is 0 Å². The fourth-order valence-electron chi connectivity index (χ4n) is 4.79. The van der Waals surface area contributed by atoms with E-state index in [-0.39, 0.29) is 18.4 Å². The van der Waals surface area contributed by atoms with E-state index in [9.17, 15) is 14.4 Å². The number of nitrogens with zero attached hydrogens (tertiary/aromatic N) is 2. The van der Waals surface area contributed by atoms with Crippen LogP contribution in [0.1, 0.15) is 25.8 Å². The fraction of sp³-hybridized carbons (Fsp3) is 0.529. The van der Waals surface area contributed by atoms with Crippen molar-refractivity contribution in [3.05, 3.63) is 23.9 Å². The van der Waals surface area contributed by atoms with Crippen molar-refractivity contribution < 1.29 is 14.4 Å². The Hall–Kier alpha value is -2.44. The Bertz CT molecular complexity index is 727. The maximum atomic E-state index is 12.8. The number of imide groups is 2. The van der Waals surface area contributed by atoms with E-state index >= 15 is 0 Å². The molecule has 1 spiro atoms. The number of hydrogen-bond acceptors (Lipinski definition) is 5. The summed E-state index contributed by atoms with van der Waals surface area (Å²) in [6.45, 7) is 4.98. The molecule has 4 heterocycles. The molecule has 4 rings (SSSR count). The van der Waals surface area contributed by atoms with Gasteiger partial charge in [-0.2, -0.15) is 0 Å². The van der Waals surface area contributed by atoms with Gasteiger partial charge in [0.2, 0.25) is 11.8 Å². The number of pyridine rings is 1. The number of fused-ring (bicyclic) bond motifs is 4. The van der Waals surface area contributed by atoms with Gasteiger partial charge < -0.3 is 4.90 Å². The summed E-state index contributed by atoms with van der Waals surface area (Å²) in [5, 5.41) is 4.62. The second-order valence-corrected chi connectivity index (χ2v) is 7.29. The summed E-state index contributed by atoms with van der Waals surface area (Å²) in [4.78, 5) is 43.9. The van der Waals surface area contributed by atoms with Crippen molar-refractivity contribution in [1.82, 2.24) is 15.6 Å². The lowest BCUT2D eigenvalue weighted by molar-refractivity contribution is -0.148. The summed E-state index contributed by atoms with van der Waals surface area (Å²) in [6.07, 6.45) is 2.93. The van der Waals surface area contributed by atoms with Gasteiger partial charge in [-0.05, 0) is 29.9 Å². The van der Waals surface area contributed by atoms with Crippen molar-refractivity contribution in [3.8, 4) is 0 Å². The lowest BCUT2D eigenvalue weighted by Gasteiger charge is -2.55. The molecule has 2 fully saturated rings. The summed E-state index contributed by atoms with van der Waals surface area (Å²) in [7, 11) is 0. The third kappa shape index (κ3) is 1.90. The van der Waals surface area contributed by atoms with Crippen molar-refractivity contribution in [3.63, 3.8) is 0 Å². The number of hydrogen-bond donors (Lipinski definition) is 2. The number of amides is 4. The Morgan fingerprint density at radius 1 is 1.21 bits per heavy atom. The number of barbiturate groups is 1. The molecule has 7 heteroatoms. The predicted molar refractivity (Wildman–Crippen MR) is 86.1 cm³/mol. The number of urea groups is 1. The molecule has 0 bridgehead atoms. The zero-order valence-electron chi connectivity index (χ0n) is 13.7. The highest BCUT2D eigenvalue weighted by atomic mass is 16.2. The molecule has 2 saturated heterocycles. The SMILES string of the molecule is CC1C[C@@H](C)[C@H]2N(C1)c1ncccc1CC21C(=O)NC(=O)NC1=O. The molecular formula is C17H20N4O3. The van der Waals surface area contributed by atoms with Crippen LogP contribution in [0.4, 0.5) is 10.6 Å². The topological polar surface area (TPSA) is 91.4 Å². The van der Waals surface area contributed by atoms with Crippen molar-refractivity contribution >= 4 is 23.7 Å². The Balaban J connectivity index is 1.91. The molecule has 1 aromatic heterocycles. The first-order chi connectivity index (χ1) is 11.4. The van der Waals surface area contributed by atoms with E-state index in [0.717, 1.165) is 24.3 Å². The molecule has 7 nitrogen and oxygen atoms in total. The highest BCUT2D eigenvalue weighted by Gasteiger charge is 2.62. The average Bonchev–Trinajstić information content (AvgIpc) is 2.52. The van der Waals surface area contributed by atoms with Crippen molar-refractivity contribution in [2.75, 3.05) is 11.4 Å². The first-order valence-electron chi connectivity index (χ1n) is 8.31. The molecule has 3 atom stereocenters. The zero-order chi connectivity index (χ0) is 17.1. The highest BCUT2D eigenvalue weighted by Crippen LogP contribution is 2.48. The number of anilines is 1. The molecular weight excluding hydrogens is 308 g/mol. The quantitative estimate of drug-likeness (QED) is 0.689. The maximum Gasteiger partial charge on any atom is 0.328 e. The zero-order valence-corrected chi connectivity index (χ0v) is 13.7. The van der Waals surface area contributed by atoms with Crippen LogP contribution in [0.5, 0.6) is 0 Å². The third-order valence-corrected chi connectivity index (χ3v) is 5.54. The van der Waals surface area contributed by atoms with E-state index in [2.05, 4.69) is 34.4 Å². The fourth-order valence-corrected chi connectivity index (χ4v) is 4.79. The van der Waals surface area contributed by atoms with Crippen LogP contribution in [0, 0.1) is 17.3 Å². The first-order valence-corrected chi connectivity index (χ1v) is 8.31. The average molecular weight is 328 g/mol. The van der Waals surface area contributed by atoms with Gasteiger partial charge in [0.15, 0.2) is 5.41 Å². The minimum Gasteiger partial charge on any atom is -0.351 e. The Labute approximate surface area is 139 Å². The lowest BCUT2D eigenvalue weighted by Crippen LogP contribution is -2.73. The molecule has 0 aliphatic carbocycles. The number of aromatic nitrogens is 1. The van der Waals surface area contributed by atoms with Crippen LogP contribution in [0.25, 0.3) is 0 Å². The van der Waals surface area contributed by atoms with Gasteiger partial charge in [-0.15, -0.1) is 0 Å². The molecule has 3 aliphatic heterocycles. The number of carbonyl (C=O) groups is 3. The van der Waals surface area contributed by atoms with E-state index in [1.54, 1.807) is 6.20 Å². The second kappa shape index (κ2) is 5.03. The van der Waals surface area contributed by atoms with E-state index in [0.29, 0.717) is 5.92 Å². The van der Waals surface area contributed by atoms with Crippen LogP contribution >= 0.6 is 0 Å². The minimum absolute atomic E-state index is 0.133. The molecule has 126 valence electrons. The monoisotopic (exact) mass is 328 g/mol. The van der Waals surface area contributed by atoms with Crippen LogP contribution in [0.3, 0.4) is 0 Å². The maximum absolute atomic E-state index is 12.8. The number of nitrogens with one attached hydrogen (secondary N) is 2. The summed E-state index contributed by atoms with van der Waals surface area (Å²) in [5.74, 6) is 0.430. The number of carbonyl (C=O) groups excluding carboxylic acids is 3. The van der Waals surface area contributed by atoms with Gasteiger partial charge in [-0.1, -0.05) is 19.9 Å². The van der Waals surface area contributed by atoms with Gasteiger partial charge in [0, 0.05) is 19.2 Å². The molecule has 0 radical (unpaired) electrons.